The lowest BCUT2D eigenvalue weighted by Gasteiger charge is -2.14. The number of nitrogens with zero attached hydrogens (tertiary/aromatic N) is 2. The molecule has 1 heterocycles. The molecule has 0 aliphatic carbocycles. The van der Waals surface area contributed by atoms with E-state index in [1.54, 1.807) is 18.6 Å². The third-order valence-corrected chi connectivity index (χ3v) is 3.40. The summed E-state index contributed by atoms with van der Waals surface area (Å²) in [4.78, 5) is 8.41. The van der Waals surface area contributed by atoms with Gasteiger partial charge in [-0.2, -0.15) is 0 Å². The Bertz CT molecular complexity index is 679. The van der Waals surface area contributed by atoms with Crippen molar-refractivity contribution >= 4 is 5.69 Å². The van der Waals surface area contributed by atoms with E-state index in [9.17, 15) is 0 Å². The molecule has 0 saturated heterocycles. The molecule has 1 aromatic heterocycles. The second kappa shape index (κ2) is 6.18. The van der Waals surface area contributed by atoms with Crippen molar-refractivity contribution in [1.29, 1.82) is 0 Å². The summed E-state index contributed by atoms with van der Waals surface area (Å²) in [6.07, 6.45) is 5.19. The summed E-state index contributed by atoms with van der Waals surface area (Å²) in [5, 5.41) is 3.43. The largest absolute Gasteiger partial charge is 0.377 e. The second-order valence-electron chi connectivity index (χ2n) is 4.94. The van der Waals surface area contributed by atoms with Gasteiger partial charge in [-0.3, -0.25) is 9.97 Å². The molecular formula is C18H17N3. The summed E-state index contributed by atoms with van der Waals surface area (Å²) in [7, 11) is 0. The average Bonchev–Trinajstić information content (AvgIpc) is 2.57. The van der Waals surface area contributed by atoms with Crippen molar-refractivity contribution in [2.24, 2.45) is 0 Å². The maximum atomic E-state index is 4.31. The topological polar surface area (TPSA) is 37.8 Å². The standard InChI is InChI=1S/C18H17N3/c1-14(18-13-19-11-12-20-18)21-17-9-7-16(8-10-17)15-5-3-2-4-6-15/h2-14,21H,1H3. The highest BCUT2D eigenvalue weighted by Crippen LogP contribution is 2.23. The summed E-state index contributed by atoms with van der Waals surface area (Å²) in [6, 6.07) is 18.9. The zero-order valence-corrected chi connectivity index (χ0v) is 11.9. The predicted molar refractivity (Wildman–Crippen MR) is 85.9 cm³/mol. The fourth-order valence-corrected chi connectivity index (χ4v) is 2.25. The van der Waals surface area contributed by atoms with Crippen LogP contribution in [0, 0.1) is 0 Å². The minimum absolute atomic E-state index is 0.126. The molecule has 1 unspecified atom stereocenters. The summed E-state index contributed by atoms with van der Waals surface area (Å²) >= 11 is 0. The molecule has 0 amide bonds. The van der Waals surface area contributed by atoms with Crippen molar-refractivity contribution in [3.63, 3.8) is 0 Å². The van der Waals surface area contributed by atoms with Crippen LogP contribution in [-0.4, -0.2) is 9.97 Å². The molecule has 0 aliphatic rings. The van der Waals surface area contributed by atoms with Crippen LogP contribution in [-0.2, 0) is 0 Å². The molecule has 1 N–H and O–H groups in total. The van der Waals surface area contributed by atoms with Crippen molar-refractivity contribution in [2.45, 2.75) is 13.0 Å². The van der Waals surface area contributed by atoms with Crippen LogP contribution in [0.1, 0.15) is 18.7 Å². The molecule has 0 aliphatic heterocycles. The van der Waals surface area contributed by atoms with Gasteiger partial charge in [0.15, 0.2) is 0 Å². The first-order valence-electron chi connectivity index (χ1n) is 7.01. The van der Waals surface area contributed by atoms with Crippen molar-refractivity contribution in [3.8, 4) is 11.1 Å². The van der Waals surface area contributed by atoms with E-state index in [1.807, 2.05) is 6.07 Å². The first-order valence-corrected chi connectivity index (χ1v) is 7.01. The number of anilines is 1. The Morgan fingerprint density at radius 1 is 0.857 bits per heavy atom. The number of hydrogen-bond acceptors (Lipinski definition) is 3. The van der Waals surface area contributed by atoms with E-state index in [0.29, 0.717) is 0 Å². The van der Waals surface area contributed by atoms with Gasteiger partial charge in [0.1, 0.15) is 0 Å². The van der Waals surface area contributed by atoms with Crippen LogP contribution >= 0.6 is 0 Å². The molecule has 104 valence electrons. The average molecular weight is 275 g/mol. The van der Waals surface area contributed by atoms with Crippen LogP contribution in [0.15, 0.2) is 73.2 Å². The first kappa shape index (κ1) is 13.3. The molecule has 3 nitrogen and oxygen atoms in total. The van der Waals surface area contributed by atoms with Gasteiger partial charge >= 0.3 is 0 Å². The number of nitrogens with one attached hydrogen (secondary N) is 1. The number of rotatable bonds is 4. The Labute approximate surface area is 124 Å². The van der Waals surface area contributed by atoms with E-state index in [0.717, 1.165) is 11.4 Å². The molecule has 0 saturated carbocycles. The van der Waals surface area contributed by atoms with Crippen LogP contribution in [0.3, 0.4) is 0 Å². The highest BCUT2D eigenvalue weighted by Gasteiger charge is 2.06. The molecule has 21 heavy (non-hydrogen) atoms. The van der Waals surface area contributed by atoms with Gasteiger partial charge in [0.05, 0.1) is 17.9 Å². The highest BCUT2D eigenvalue weighted by atomic mass is 14.9. The van der Waals surface area contributed by atoms with Gasteiger partial charge in [0.25, 0.3) is 0 Å². The monoisotopic (exact) mass is 275 g/mol. The number of benzene rings is 2. The molecule has 0 fully saturated rings. The van der Waals surface area contributed by atoms with Crippen LogP contribution in [0.5, 0.6) is 0 Å². The van der Waals surface area contributed by atoms with Gasteiger partial charge in [0.2, 0.25) is 0 Å². The lowest BCUT2D eigenvalue weighted by atomic mass is 10.1. The van der Waals surface area contributed by atoms with Crippen molar-refractivity contribution in [1.82, 2.24) is 9.97 Å². The van der Waals surface area contributed by atoms with Gasteiger partial charge < -0.3 is 5.32 Å². The van der Waals surface area contributed by atoms with Gasteiger partial charge in [-0.05, 0) is 30.2 Å². The smallest absolute Gasteiger partial charge is 0.0806 e. The lowest BCUT2D eigenvalue weighted by Crippen LogP contribution is -2.08. The van der Waals surface area contributed by atoms with Gasteiger partial charge in [-0.1, -0.05) is 42.5 Å². The lowest BCUT2D eigenvalue weighted by molar-refractivity contribution is 0.827. The van der Waals surface area contributed by atoms with E-state index < -0.39 is 0 Å². The molecule has 3 aromatic rings. The van der Waals surface area contributed by atoms with Crippen molar-refractivity contribution in [3.05, 3.63) is 78.9 Å². The predicted octanol–water partition coefficient (Wildman–Crippen LogP) is 4.32. The van der Waals surface area contributed by atoms with E-state index >= 15 is 0 Å². The Kier molecular flexibility index (Phi) is 3.92. The molecule has 0 bridgehead atoms. The Morgan fingerprint density at radius 3 is 2.24 bits per heavy atom. The zero-order valence-electron chi connectivity index (χ0n) is 11.9. The maximum Gasteiger partial charge on any atom is 0.0806 e. The van der Waals surface area contributed by atoms with Gasteiger partial charge in [0, 0.05) is 18.1 Å². The molecule has 0 spiro atoms. The third kappa shape index (κ3) is 3.26. The Morgan fingerprint density at radius 2 is 1.57 bits per heavy atom. The summed E-state index contributed by atoms with van der Waals surface area (Å²) in [5.74, 6) is 0. The SMILES string of the molecule is CC(Nc1ccc(-c2ccccc2)cc1)c1cnccn1. The Hall–Kier alpha value is -2.68. The summed E-state index contributed by atoms with van der Waals surface area (Å²) < 4.78 is 0. The van der Waals surface area contributed by atoms with E-state index in [1.165, 1.54) is 11.1 Å². The van der Waals surface area contributed by atoms with E-state index in [4.69, 9.17) is 0 Å². The minimum atomic E-state index is 0.126. The van der Waals surface area contributed by atoms with Crippen molar-refractivity contribution < 1.29 is 0 Å². The summed E-state index contributed by atoms with van der Waals surface area (Å²) in [5.41, 5.74) is 4.46. The molecule has 2 aromatic carbocycles. The molecule has 1 atom stereocenters. The van der Waals surface area contributed by atoms with Gasteiger partial charge in [-0.25, -0.2) is 0 Å². The van der Waals surface area contributed by atoms with E-state index in [-0.39, 0.29) is 6.04 Å². The third-order valence-electron chi connectivity index (χ3n) is 3.40. The first-order chi connectivity index (χ1) is 10.3. The second-order valence-corrected chi connectivity index (χ2v) is 4.94. The van der Waals surface area contributed by atoms with Crippen LogP contribution in [0.2, 0.25) is 0 Å². The molecular weight excluding hydrogens is 258 g/mol. The fraction of sp³-hybridized carbons (Fsp3) is 0.111. The maximum absolute atomic E-state index is 4.31. The molecule has 0 radical (unpaired) electrons. The van der Waals surface area contributed by atoms with Crippen LogP contribution in [0.4, 0.5) is 5.69 Å². The molecule has 3 heteroatoms. The number of aromatic nitrogens is 2. The molecule has 3 rings (SSSR count). The van der Waals surface area contributed by atoms with E-state index in [2.05, 4.69) is 70.7 Å². The zero-order chi connectivity index (χ0) is 14.5. The number of hydrogen-bond donors (Lipinski definition) is 1. The van der Waals surface area contributed by atoms with Crippen LogP contribution in [0.25, 0.3) is 11.1 Å². The minimum Gasteiger partial charge on any atom is -0.377 e. The van der Waals surface area contributed by atoms with Crippen molar-refractivity contribution in [2.75, 3.05) is 5.32 Å². The normalized spacial score (nSPS) is 11.9. The highest BCUT2D eigenvalue weighted by molar-refractivity contribution is 5.65. The quantitative estimate of drug-likeness (QED) is 0.770. The Balaban J connectivity index is 1.73. The summed E-state index contributed by atoms with van der Waals surface area (Å²) in [6.45, 7) is 2.08. The fourth-order valence-electron chi connectivity index (χ4n) is 2.25. The van der Waals surface area contributed by atoms with Crippen LogP contribution < -0.4 is 5.32 Å². The van der Waals surface area contributed by atoms with Gasteiger partial charge in [-0.15, -0.1) is 0 Å².